The lowest BCUT2D eigenvalue weighted by atomic mass is 9.82. The maximum atomic E-state index is 11.8. The molecule has 3 rings (SSSR count). The van der Waals surface area contributed by atoms with Gasteiger partial charge in [-0.3, -0.25) is 4.98 Å². The lowest BCUT2D eigenvalue weighted by Crippen LogP contribution is -2.31. The number of methoxy groups -OCH3 is 2. The van der Waals surface area contributed by atoms with Gasteiger partial charge in [0.25, 0.3) is 0 Å². The third-order valence-electron chi connectivity index (χ3n) is 4.03. The summed E-state index contributed by atoms with van der Waals surface area (Å²) in [7, 11) is 3.17. The highest BCUT2D eigenvalue weighted by atomic mass is 16.5. The standard InChI is InChI=1S/C20H19NO3/c1-23-17-11-5-3-9-15(17)20(22,19-13-7-8-14-21-19)16-10-4-6-12-18(16)24-2/h3-14,22H,1-2H3. The van der Waals surface area contributed by atoms with Crippen LogP contribution >= 0.6 is 0 Å². The third-order valence-corrected chi connectivity index (χ3v) is 4.03. The molecule has 0 saturated carbocycles. The molecule has 0 spiro atoms. The fourth-order valence-electron chi connectivity index (χ4n) is 2.88. The van der Waals surface area contributed by atoms with Crippen LogP contribution in [-0.4, -0.2) is 24.3 Å². The fraction of sp³-hybridized carbons (Fsp3) is 0.150. The van der Waals surface area contributed by atoms with Gasteiger partial charge in [0.15, 0.2) is 5.60 Å². The second kappa shape index (κ2) is 6.72. The number of hydrogen-bond donors (Lipinski definition) is 1. The van der Waals surface area contributed by atoms with E-state index < -0.39 is 5.60 Å². The van der Waals surface area contributed by atoms with E-state index >= 15 is 0 Å². The first kappa shape index (κ1) is 16.0. The zero-order chi connectivity index (χ0) is 17.0. The molecule has 122 valence electrons. The Labute approximate surface area is 141 Å². The summed E-state index contributed by atoms with van der Waals surface area (Å²) in [6.07, 6.45) is 1.66. The topological polar surface area (TPSA) is 51.6 Å². The van der Waals surface area contributed by atoms with E-state index in [0.717, 1.165) is 0 Å². The first-order chi connectivity index (χ1) is 11.7. The molecular weight excluding hydrogens is 302 g/mol. The summed E-state index contributed by atoms with van der Waals surface area (Å²) in [5.74, 6) is 1.16. The van der Waals surface area contributed by atoms with Crippen molar-refractivity contribution in [1.82, 2.24) is 4.98 Å². The van der Waals surface area contributed by atoms with E-state index in [1.165, 1.54) is 0 Å². The lowest BCUT2D eigenvalue weighted by molar-refractivity contribution is 0.114. The van der Waals surface area contributed by atoms with E-state index in [9.17, 15) is 5.11 Å². The van der Waals surface area contributed by atoms with E-state index in [1.54, 1.807) is 26.5 Å². The number of para-hydroxylation sites is 2. The Morgan fingerprint density at radius 2 is 1.25 bits per heavy atom. The lowest BCUT2D eigenvalue weighted by Gasteiger charge is -2.31. The average molecular weight is 321 g/mol. The van der Waals surface area contributed by atoms with Crippen LogP contribution in [0.15, 0.2) is 72.9 Å². The fourth-order valence-corrected chi connectivity index (χ4v) is 2.88. The molecule has 1 aromatic heterocycles. The Balaban J connectivity index is 2.34. The highest BCUT2D eigenvalue weighted by Gasteiger charge is 2.39. The van der Waals surface area contributed by atoms with Crippen LogP contribution in [0.2, 0.25) is 0 Å². The molecule has 0 radical (unpaired) electrons. The molecule has 3 aromatic rings. The molecule has 0 unspecified atom stereocenters. The van der Waals surface area contributed by atoms with Gasteiger partial charge in [-0.2, -0.15) is 0 Å². The third kappa shape index (κ3) is 2.61. The number of benzene rings is 2. The molecule has 1 heterocycles. The van der Waals surface area contributed by atoms with Crippen molar-refractivity contribution in [3.63, 3.8) is 0 Å². The van der Waals surface area contributed by atoms with Crippen molar-refractivity contribution >= 4 is 0 Å². The molecular formula is C20H19NO3. The van der Waals surface area contributed by atoms with Crippen LogP contribution < -0.4 is 9.47 Å². The van der Waals surface area contributed by atoms with Crippen molar-refractivity contribution in [3.8, 4) is 11.5 Å². The van der Waals surface area contributed by atoms with Crippen LogP contribution in [0.3, 0.4) is 0 Å². The van der Waals surface area contributed by atoms with Crippen LogP contribution in [0, 0.1) is 0 Å². The Kier molecular flexibility index (Phi) is 4.49. The first-order valence-corrected chi connectivity index (χ1v) is 7.62. The average Bonchev–Trinajstić information content (AvgIpc) is 2.68. The van der Waals surface area contributed by atoms with Gasteiger partial charge in [-0.05, 0) is 24.3 Å². The molecule has 2 aromatic carbocycles. The van der Waals surface area contributed by atoms with Crippen LogP contribution in [0.25, 0.3) is 0 Å². The molecule has 0 atom stereocenters. The Morgan fingerprint density at radius 3 is 1.71 bits per heavy atom. The van der Waals surface area contributed by atoms with Crippen LogP contribution in [0.5, 0.6) is 11.5 Å². The summed E-state index contributed by atoms with van der Waals surface area (Å²) in [5.41, 5.74) is 0.214. The van der Waals surface area contributed by atoms with E-state index in [-0.39, 0.29) is 0 Å². The molecule has 0 fully saturated rings. The van der Waals surface area contributed by atoms with Crippen molar-refractivity contribution in [2.24, 2.45) is 0 Å². The van der Waals surface area contributed by atoms with Crippen LogP contribution in [0.4, 0.5) is 0 Å². The number of aliphatic hydroxyl groups is 1. The molecule has 0 aliphatic heterocycles. The normalized spacial score (nSPS) is 11.1. The number of ether oxygens (including phenoxy) is 2. The minimum absolute atomic E-state index is 0.499. The number of pyridine rings is 1. The van der Waals surface area contributed by atoms with Gasteiger partial charge in [-0.1, -0.05) is 42.5 Å². The molecule has 0 aliphatic carbocycles. The quantitative estimate of drug-likeness (QED) is 0.783. The predicted molar refractivity (Wildman–Crippen MR) is 92.3 cm³/mol. The van der Waals surface area contributed by atoms with Gasteiger partial charge in [-0.25, -0.2) is 0 Å². The summed E-state index contributed by atoms with van der Waals surface area (Å²) in [5, 5.41) is 11.8. The molecule has 4 nitrogen and oxygen atoms in total. The van der Waals surface area contributed by atoms with Crippen molar-refractivity contribution in [2.75, 3.05) is 14.2 Å². The zero-order valence-electron chi connectivity index (χ0n) is 13.6. The molecule has 0 amide bonds. The Bertz CT molecular complexity index is 770. The smallest absolute Gasteiger partial charge is 0.164 e. The highest BCUT2D eigenvalue weighted by Crippen LogP contribution is 2.43. The van der Waals surface area contributed by atoms with Gasteiger partial charge >= 0.3 is 0 Å². The first-order valence-electron chi connectivity index (χ1n) is 7.62. The van der Waals surface area contributed by atoms with E-state index in [0.29, 0.717) is 28.3 Å². The van der Waals surface area contributed by atoms with Crippen molar-refractivity contribution < 1.29 is 14.6 Å². The molecule has 4 heteroatoms. The summed E-state index contributed by atoms with van der Waals surface area (Å²) in [6, 6.07) is 20.2. The highest BCUT2D eigenvalue weighted by molar-refractivity contribution is 5.54. The Hall–Kier alpha value is -2.85. The molecule has 1 N–H and O–H groups in total. The molecule has 0 bridgehead atoms. The van der Waals surface area contributed by atoms with Gasteiger partial charge in [0.05, 0.1) is 19.9 Å². The largest absolute Gasteiger partial charge is 0.496 e. The van der Waals surface area contributed by atoms with E-state index in [4.69, 9.17) is 9.47 Å². The summed E-state index contributed by atoms with van der Waals surface area (Å²) < 4.78 is 11.0. The maximum absolute atomic E-state index is 11.8. The summed E-state index contributed by atoms with van der Waals surface area (Å²) in [4.78, 5) is 4.39. The second-order valence-corrected chi connectivity index (χ2v) is 5.33. The minimum atomic E-state index is -1.50. The van der Waals surface area contributed by atoms with Crippen LogP contribution in [0.1, 0.15) is 16.8 Å². The maximum Gasteiger partial charge on any atom is 0.164 e. The van der Waals surface area contributed by atoms with E-state index in [2.05, 4.69) is 4.98 Å². The van der Waals surface area contributed by atoms with Crippen molar-refractivity contribution in [1.29, 1.82) is 0 Å². The number of aromatic nitrogens is 1. The van der Waals surface area contributed by atoms with Crippen LogP contribution in [-0.2, 0) is 5.60 Å². The Morgan fingerprint density at radius 1 is 0.750 bits per heavy atom. The van der Waals surface area contributed by atoms with Crippen molar-refractivity contribution in [2.45, 2.75) is 5.60 Å². The monoisotopic (exact) mass is 321 g/mol. The number of nitrogens with zero attached hydrogens (tertiary/aromatic N) is 1. The number of hydrogen-bond acceptors (Lipinski definition) is 4. The van der Waals surface area contributed by atoms with Gasteiger partial charge in [0.2, 0.25) is 0 Å². The zero-order valence-corrected chi connectivity index (χ0v) is 13.6. The van der Waals surface area contributed by atoms with Gasteiger partial charge < -0.3 is 14.6 Å². The van der Waals surface area contributed by atoms with Crippen molar-refractivity contribution in [3.05, 3.63) is 89.7 Å². The van der Waals surface area contributed by atoms with Gasteiger partial charge in [0, 0.05) is 17.3 Å². The molecule has 0 aliphatic rings. The summed E-state index contributed by atoms with van der Waals surface area (Å²) in [6.45, 7) is 0. The molecule has 24 heavy (non-hydrogen) atoms. The van der Waals surface area contributed by atoms with Gasteiger partial charge in [-0.15, -0.1) is 0 Å². The van der Waals surface area contributed by atoms with E-state index in [1.807, 2.05) is 60.7 Å². The number of rotatable bonds is 5. The van der Waals surface area contributed by atoms with Gasteiger partial charge in [0.1, 0.15) is 11.5 Å². The minimum Gasteiger partial charge on any atom is -0.496 e. The SMILES string of the molecule is COc1ccccc1C(O)(c1ccccn1)c1ccccc1OC. The molecule has 0 saturated heterocycles. The second-order valence-electron chi connectivity index (χ2n) is 5.33. The predicted octanol–water partition coefficient (Wildman–Crippen LogP) is 3.38. The summed E-state index contributed by atoms with van der Waals surface area (Å²) >= 11 is 0.